The van der Waals surface area contributed by atoms with Crippen LogP contribution in [-0.2, 0) is 26.2 Å². The van der Waals surface area contributed by atoms with E-state index in [1.54, 1.807) is 25.3 Å². The molecular weight excluding hydrogens is 537 g/mol. The van der Waals surface area contributed by atoms with Crippen LogP contribution in [0.5, 0.6) is 5.75 Å². The first-order valence-electron chi connectivity index (χ1n) is 12.2. The van der Waals surface area contributed by atoms with Crippen molar-refractivity contribution in [3.63, 3.8) is 0 Å². The van der Waals surface area contributed by atoms with Crippen molar-refractivity contribution in [1.82, 2.24) is 10.2 Å². The van der Waals surface area contributed by atoms with Crippen LogP contribution < -0.4 is 14.4 Å². The summed E-state index contributed by atoms with van der Waals surface area (Å²) in [6.45, 7) is 1.41. The first-order valence-corrected chi connectivity index (χ1v) is 14.8. The van der Waals surface area contributed by atoms with Crippen LogP contribution in [0.4, 0.5) is 5.69 Å². The van der Waals surface area contributed by atoms with E-state index in [2.05, 4.69) is 5.32 Å². The van der Waals surface area contributed by atoms with Crippen LogP contribution in [-0.4, -0.2) is 57.1 Å². The minimum atomic E-state index is -3.89. The average molecular weight is 571 g/mol. The molecular formula is C26H33Cl2N3O5S. The number of rotatable bonds is 11. The van der Waals surface area contributed by atoms with Gasteiger partial charge >= 0.3 is 0 Å². The van der Waals surface area contributed by atoms with Gasteiger partial charge in [0.2, 0.25) is 21.8 Å². The minimum absolute atomic E-state index is 0.0800. The Labute approximate surface area is 228 Å². The molecule has 0 bridgehead atoms. The van der Waals surface area contributed by atoms with Gasteiger partial charge in [-0.2, -0.15) is 0 Å². The van der Waals surface area contributed by atoms with Crippen LogP contribution in [0.3, 0.4) is 0 Å². The zero-order valence-electron chi connectivity index (χ0n) is 21.2. The Morgan fingerprint density at radius 1 is 1.11 bits per heavy atom. The second-order valence-electron chi connectivity index (χ2n) is 9.18. The molecule has 1 fully saturated rings. The van der Waals surface area contributed by atoms with Gasteiger partial charge in [-0.15, -0.1) is 0 Å². The van der Waals surface area contributed by atoms with Crippen molar-refractivity contribution < 1.29 is 22.7 Å². The van der Waals surface area contributed by atoms with Gasteiger partial charge in [0.15, 0.2) is 0 Å². The van der Waals surface area contributed by atoms with Crippen molar-refractivity contribution in [1.29, 1.82) is 0 Å². The van der Waals surface area contributed by atoms with Gasteiger partial charge in [0.05, 0.1) is 19.1 Å². The Bertz CT molecular complexity index is 1200. The topological polar surface area (TPSA) is 96.0 Å². The number of methoxy groups -OCH3 is 1. The van der Waals surface area contributed by atoms with Crippen molar-refractivity contribution in [3.05, 3.63) is 58.1 Å². The molecule has 1 N–H and O–H groups in total. The first-order chi connectivity index (χ1) is 17.5. The van der Waals surface area contributed by atoms with E-state index in [1.165, 1.54) is 23.1 Å². The van der Waals surface area contributed by atoms with Gasteiger partial charge in [0, 0.05) is 22.6 Å². The van der Waals surface area contributed by atoms with Gasteiger partial charge in [0.1, 0.15) is 18.3 Å². The van der Waals surface area contributed by atoms with E-state index >= 15 is 0 Å². The normalized spacial score (nSPS) is 14.7. The molecule has 0 heterocycles. The molecule has 37 heavy (non-hydrogen) atoms. The molecule has 0 unspecified atom stereocenters. The lowest BCUT2D eigenvalue weighted by atomic mass is 10.1. The zero-order chi connectivity index (χ0) is 27.2. The van der Waals surface area contributed by atoms with Crippen LogP contribution in [0.25, 0.3) is 0 Å². The summed E-state index contributed by atoms with van der Waals surface area (Å²) in [5.74, 6) is -0.167. The molecule has 1 saturated carbocycles. The molecule has 202 valence electrons. The number of hydrogen-bond donors (Lipinski definition) is 1. The summed E-state index contributed by atoms with van der Waals surface area (Å²) in [6.07, 6.45) is 5.29. The maximum Gasteiger partial charge on any atom is 0.244 e. The maximum atomic E-state index is 13.8. The van der Waals surface area contributed by atoms with Crippen molar-refractivity contribution >= 4 is 50.7 Å². The van der Waals surface area contributed by atoms with Gasteiger partial charge in [-0.3, -0.25) is 13.9 Å². The molecule has 1 aliphatic carbocycles. The zero-order valence-corrected chi connectivity index (χ0v) is 23.6. The van der Waals surface area contributed by atoms with E-state index < -0.39 is 28.5 Å². The van der Waals surface area contributed by atoms with Gasteiger partial charge in [-0.05, 0) is 55.2 Å². The summed E-state index contributed by atoms with van der Waals surface area (Å²) in [7, 11) is -2.34. The van der Waals surface area contributed by atoms with Crippen LogP contribution in [0.1, 0.15) is 44.6 Å². The van der Waals surface area contributed by atoms with E-state index in [0.717, 1.165) is 41.8 Å². The van der Waals surface area contributed by atoms with Gasteiger partial charge in [-0.1, -0.05) is 55.1 Å². The molecule has 0 saturated heterocycles. The molecule has 0 aromatic heterocycles. The molecule has 3 rings (SSSR count). The molecule has 2 aromatic carbocycles. The van der Waals surface area contributed by atoms with Crippen molar-refractivity contribution in [2.45, 2.75) is 57.7 Å². The summed E-state index contributed by atoms with van der Waals surface area (Å²) in [5.41, 5.74) is 0.912. The van der Waals surface area contributed by atoms with E-state index in [4.69, 9.17) is 27.9 Å². The smallest absolute Gasteiger partial charge is 0.244 e. The summed E-state index contributed by atoms with van der Waals surface area (Å²) < 4.78 is 31.7. The van der Waals surface area contributed by atoms with E-state index in [9.17, 15) is 18.0 Å². The third kappa shape index (κ3) is 7.99. The molecule has 11 heteroatoms. The molecule has 2 amide bonds. The van der Waals surface area contributed by atoms with Crippen LogP contribution in [0.2, 0.25) is 10.0 Å². The second-order valence-corrected chi connectivity index (χ2v) is 12.0. The number of carbonyl (C=O) groups excluding carboxylic acids is 2. The minimum Gasteiger partial charge on any atom is -0.497 e. The number of nitrogens with zero attached hydrogens (tertiary/aromatic N) is 2. The van der Waals surface area contributed by atoms with E-state index in [-0.39, 0.29) is 34.2 Å². The van der Waals surface area contributed by atoms with Gasteiger partial charge in [0.25, 0.3) is 0 Å². The molecule has 1 aliphatic rings. The summed E-state index contributed by atoms with van der Waals surface area (Å²) in [5, 5.41) is 3.55. The van der Waals surface area contributed by atoms with Crippen LogP contribution in [0.15, 0.2) is 42.5 Å². The Hall–Kier alpha value is -2.49. The second kappa shape index (κ2) is 12.8. The highest BCUT2D eigenvalue weighted by Crippen LogP contribution is 2.28. The number of halogens is 2. The fourth-order valence-electron chi connectivity index (χ4n) is 4.55. The Kier molecular flexibility index (Phi) is 10.1. The Morgan fingerprint density at radius 3 is 2.32 bits per heavy atom. The summed E-state index contributed by atoms with van der Waals surface area (Å²) in [6, 6.07) is 10.8. The number of carbonyl (C=O) groups is 2. The monoisotopic (exact) mass is 569 g/mol. The van der Waals surface area contributed by atoms with E-state index in [1.807, 2.05) is 13.0 Å². The van der Waals surface area contributed by atoms with Crippen LogP contribution in [0, 0.1) is 0 Å². The Morgan fingerprint density at radius 2 is 1.76 bits per heavy atom. The molecule has 8 nitrogen and oxygen atoms in total. The fraction of sp³-hybridized carbons (Fsp3) is 0.462. The molecule has 0 radical (unpaired) electrons. The largest absolute Gasteiger partial charge is 0.497 e. The predicted octanol–water partition coefficient (Wildman–Crippen LogP) is 4.63. The number of nitrogens with one attached hydrogen (secondary N) is 1. The molecule has 0 spiro atoms. The fourth-order valence-corrected chi connectivity index (χ4v) is 5.90. The number of hydrogen-bond acceptors (Lipinski definition) is 5. The highest BCUT2D eigenvalue weighted by molar-refractivity contribution is 7.92. The van der Waals surface area contributed by atoms with E-state index in [0.29, 0.717) is 12.2 Å². The highest BCUT2D eigenvalue weighted by atomic mass is 35.5. The number of amides is 2. The van der Waals surface area contributed by atoms with Crippen LogP contribution >= 0.6 is 23.2 Å². The number of benzene rings is 2. The number of anilines is 1. The quantitative estimate of drug-likeness (QED) is 0.425. The summed E-state index contributed by atoms with van der Waals surface area (Å²) in [4.78, 5) is 28.6. The lowest BCUT2D eigenvalue weighted by Crippen LogP contribution is -2.53. The van der Waals surface area contributed by atoms with Crippen molar-refractivity contribution in [2.75, 3.05) is 24.2 Å². The third-order valence-electron chi connectivity index (χ3n) is 6.39. The predicted molar refractivity (Wildman–Crippen MR) is 147 cm³/mol. The van der Waals surface area contributed by atoms with Gasteiger partial charge in [-0.25, -0.2) is 8.42 Å². The van der Waals surface area contributed by atoms with Crippen molar-refractivity contribution in [2.24, 2.45) is 0 Å². The molecule has 2 aromatic rings. The SMILES string of the molecule is CC[C@H](C(=O)NC1CCCC1)N(Cc1cccc(OC)c1)C(=O)CN(c1cc(Cl)cc(Cl)c1)S(C)(=O)=O. The van der Waals surface area contributed by atoms with Crippen molar-refractivity contribution in [3.8, 4) is 5.75 Å². The molecule has 0 aliphatic heterocycles. The average Bonchev–Trinajstić information content (AvgIpc) is 3.34. The highest BCUT2D eigenvalue weighted by Gasteiger charge is 2.33. The molecule has 1 atom stereocenters. The summed E-state index contributed by atoms with van der Waals surface area (Å²) >= 11 is 12.2. The maximum absolute atomic E-state index is 13.8. The lowest BCUT2D eigenvalue weighted by molar-refractivity contribution is -0.140. The number of ether oxygens (including phenoxy) is 1. The lowest BCUT2D eigenvalue weighted by Gasteiger charge is -2.33. The number of sulfonamides is 1. The third-order valence-corrected chi connectivity index (χ3v) is 7.97. The Balaban J connectivity index is 1.95. The first kappa shape index (κ1) is 29.1. The van der Waals surface area contributed by atoms with Gasteiger partial charge < -0.3 is 15.0 Å². The standard InChI is InChI=1S/C26H33Cl2N3O5S/c1-4-24(26(33)29-21-9-5-6-10-21)30(16-18-8-7-11-23(12-18)36-2)25(32)17-31(37(3,34)35)22-14-19(27)13-20(28)15-22/h7-8,11-15,21,24H,4-6,9-10,16-17H2,1-3H3,(H,29,33)/t24-/m1/s1.